The van der Waals surface area contributed by atoms with E-state index in [9.17, 15) is 9.59 Å². The van der Waals surface area contributed by atoms with Crippen LogP contribution in [0.2, 0.25) is 5.02 Å². The van der Waals surface area contributed by atoms with Crippen LogP contribution in [0.1, 0.15) is 33.0 Å². The number of amides is 1. The molecule has 0 aliphatic rings. The summed E-state index contributed by atoms with van der Waals surface area (Å²) >= 11 is 8.80. The average Bonchev–Trinajstić information content (AvgIpc) is 3.25. The van der Waals surface area contributed by atoms with E-state index in [1.54, 1.807) is 12.3 Å². The van der Waals surface area contributed by atoms with Gasteiger partial charge in [0.1, 0.15) is 0 Å². The number of carbonyl (C=O) groups is 2. The molecule has 1 N–H and O–H groups in total. The van der Waals surface area contributed by atoms with Gasteiger partial charge >= 0.3 is 0 Å². The van der Waals surface area contributed by atoms with Crippen molar-refractivity contribution < 1.29 is 9.59 Å². The molecule has 0 saturated carbocycles. The third-order valence-corrected chi connectivity index (χ3v) is 5.50. The van der Waals surface area contributed by atoms with Gasteiger partial charge in [0.15, 0.2) is 10.9 Å². The number of hydrogen-bond acceptors (Lipinski definition) is 5. The van der Waals surface area contributed by atoms with Gasteiger partial charge < -0.3 is 5.32 Å². The van der Waals surface area contributed by atoms with Crippen molar-refractivity contribution in [1.29, 1.82) is 0 Å². The molecule has 1 aromatic carbocycles. The van der Waals surface area contributed by atoms with Crippen molar-refractivity contribution >= 4 is 51.1 Å². The zero-order chi connectivity index (χ0) is 17.6. The molecule has 0 unspecified atom stereocenters. The van der Waals surface area contributed by atoms with Crippen LogP contribution >= 0.6 is 34.3 Å². The number of nitrogens with one attached hydrogen (secondary N) is 1. The summed E-state index contributed by atoms with van der Waals surface area (Å²) in [6, 6.07) is 11.3. The van der Waals surface area contributed by atoms with E-state index in [2.05, 4.69) is 10.3 Å². The summed E-state index contributed by atoms with van der Waals surface area (Å²) in [6.07, 6.45) is 2.82. The lowest BCUT2D eigenvalue weighted by atomic mass is 10.1. The van der Waals surface area contributed by atoms with Crippen LogP contribution in [0.5, 0.6) is 0 Å². The predicted octanol–water partition coefficient (Wildman–Crippen LogP) is 5.05. The van der Waals surface area contributed by atoms with Crippen LogP contribution < -0.4 is 5.32 Å². The maximum absolute atomic E-state index is 12.0. The lowest BCUT2D eigenvalue weighted by molar-refractivity contribution is -0.116. The Kier molecular flexibility index (Phi) is 5.96. The number of thiophene rings is 1. The molecule has 2 heterocycles. The molecule has 0 radical (unpaired) electrons. The van der Waals surface area contributed by atoms with E-state index in [4.69, 9.17) is 11.6 Å². The lowest BCUT2D eigenvalue weighted by Gasteiger charge is -2.01. The second-order valence-electron chi connectivity index (χ2n) is 5.39. The second-order valence-corrected chi connectivity index (χ2v) is 7.89. The normalized spacial score (nSPS) is 10.6. The molecule has 3 aromatic rings. The molecule has 2 aromatic heterocycles. The number of anilines is 1. The monoisotopic (exact) mass is 390 g/mol. The Labute approximate surface area is 158 Å². The van der Waals surface area contributed by atoms with Gasteiger partial charge in [0.25, 0.3) is 0 Å². The zero-order valence-corrected chi connectivity index (χ0v) is 15.6. The van der Waals surface area contributed by atoms with Gasteiger partial charge in [-0.15, -0.1) is 22.7 Å². The second kappa shape index (κ2) is 8.38. The van der Waals surface area contributed by atoms with Crippen LogP contribution in [0.15, 0.2) is 48.0 Å². The van der Waals surface area contributed by atoms with E-state index in [0.29, 0.717) is 21.5 Å². The predicted molar refractivity (Wildman–Crippen MR) is 103 cm³/mol. The first-order valence-electron chi connectivity index (χ1n) is 7.66. The molecule has 7 heteroatoms. The average molecular weight is 391 g/mol. The smallest absolute Gasteiger partial charge is 0.226 e. The van der Waals surface area contributed by atoms with E-state index in [1.165, 1.54) is 22.7 Å². The first-order chi connectivity index (χ1) is 12.1. The number of aromatic nitrogens is 1. The number of halogens is 1. The molecule has 3 rings (SSSR count). The minimum Gasteiger partial charge on any atom is -0.302 e. The van der Waals surface area contributed by atoms with Gasteiger partial charge in [0.05, 0.1) is 4.88 Å². The standard InChI is InChI=1S/C18H15ClN2O2S2/c19-13-4-1-3-12(9-13)10-14-11-20-18(25-14)21-17(23)7-6-15(22)16-5-2-8-24-16/h1-5,8-9,11H,6-7,10H2,(H,20,21,23). The van der Waals surface area contributed by atoms with Crippen LogP contribution in [0.25, 0.3) is 0 Å². The fraction of sp³-hybridized carbons (Fsp3) is 0.167. The number of hydrogen-bond donors (Lipinski definition) is 1. The third kappa shape index (κ3) is 5.22. The first-order valence-corrected chi connectivity index (χ1v) is 9.73. The molecular weight excluding hydrogens is 376 g/mol. The Hall–Kier alpha value is -2.02. The van der Waals surface area contributed by atoms with Crippen LogP contribution in [-0.2, 0) is 11.2 Å². The first kappa shape index (κ1) is 17.8. The van der Waals surface area contributed by atoms with E-state index in [1.807, 2.05) is 35.7 Å². The summed E-state index contributed by atoms with van der Waals surface area (Å²) < 4.78 is 0. The van der Waals surface area contributed by atoms with Crippen molar-refractivity contribution in [2.75, 3.05) is 5.32 Å². The summed E-state index contributed by atoms with van der Waals surface area (Å²) in [7, 11) is 0. The van der Waals surface area contributed by atoms with Gasteiger partial charge in [-0.05, 0) is 29.1 Å². The summed E-state index contributed by atoms with van der Waals surface area (Å²) in [5.41, 5.74) is 1.09. The number of Topliss-reactive ketones (excluding diaryl/α,β-unsaturated/α-hetero) is 1. The molecule has 0 aliphatic heterocycles. The molecule has 128 valence electrons. The maximum Gasteiger partial charge on any atom is 0.226 e. The Bertz CT molecular complexity index is 875. The molecule has 0 fully saturated rings. The van der Waals surface area contributed by atoms with Gasteiger partial charge in [0.2, 0.25) is 5.91 Å². The van der Waals surface area contributed by atoms with Crippen molar-refractivity contribution in [1.82, 2.24) is 4.98 Å². The molecule has 0 bridgehead atoms. The fourth-order valence-corrected chi connectivity index (χ4v) is 4.03. The quantitative estimate of drug-likeness (QED) is 0.574. The van der Waals surface area contributed by atoms with Crippen molar-refractivity contribution in [2.24, 2.45) is 0 Å². The lowest BCUT2D eigenvalue weighted by Crippen LogP contribution is -2.12. The highest BCUT2D eigenvalue weighted by Crippen LogP contribution is 2.23. The number of thiazole rings is 1. The maximum atomic E-state index is 12.0. The third-order valence-electron chi connectivity index (χ3n) is 3.44. The van der Waals surface area contributed by atoms with Crippen LogP contribution in [0, 0.1) is 0 Å². The van der Waals surface area contributed by atoms with E-state index in [-0.39, 0.29) is 24.5 Å². The van der Waals surface area contributed by atoms with E-state index < -0.39 is 0 Å². The summed E-state index contributed by atoms with van der Waals surface area (Å²) in [5, 5.41) is 5.85. The minimum absolute atomic E-state index is 0.00839. The van der Waals surface area contributed by atoms with Crippen molar-refractivity contribution in [2.45, 2.75) is 19.3 Å². The molecule has 0 saturated heterocycles. The highest BCUT2D eigenvalue weighted by atomic mass is 35.5. The Morgan fingerprint density at radius 1 is 1.16 bits per heavy atom. The SMILES string of the molecule is O=C(CCC(=O)c1cccs1)Nc1ncc(Cc2cccc(Cl)c2)s1. The Morgan fingerprint density at radius 2 is 2.04 bits per heavy atom. The molecular formula is C18H15ClN2O2S2. The van der Waals surface area contributed by atoms with Gasteiger partial charge in [-0.25, -0.2) is 4.98 Å². The van der Waals surface area contributed by atoms with Crippen LogP contribution in [0.3, 0.4) is 0 Å². The highest BCUT2D eigenvalue weighted by molar-refractivity contribution is 7.15. The van der Waals surface area contributed by atoms with Crippen molar-refractivity contribution in [3.05, 3.63) is 68.3 Å². The van der Waals surface area contributed by atoms with Crippen molar-refractivity contribution in [3.63, 3.8) is 0 Å². The molecule has 0 atom stereocenters. The minimum atomic E-state index is -0.200. The van der Waals surface area contributed by atoms with Crippen molar-refractivity contribution in [3.8, 4) is 0 Å². The number of rotatable bonds is 7. The van der Waals surface area contributed by atoms with Gasteiger partial charge in [-0.1, -0.05) is 29.8 Å². The summed E-state index contributed by atoms with van der Waals surface area (Å²) in [5.74, 6) is -0.209. The van der Waals surface area contributed by atoms with Gasteiger partial charge in [-0.3, -0.25) is 9.59 Å². The molecule has 1 amide bonds. The number of benzene rings is 1. The Balaban J connectivity index is 1.50. The summed E-state index contributed by atoms with van der Waals surface area (Å²) in [4.78, 5) is 29.8. The van der Waals surface area contributed by atoms with E-state index in [0.717, 1.165) is 10.4 Å². The topological polar surface area (TPSA) is 59.1 Å². The zero-order valence-electron chi connectivity index (χ0n) is 13.2. The molecule has 4 nitrogen and oxygen atoms in total. The fourth-order valence-electron chi connectivity index (χ4n) is 2.26. The van der Waals surface area contributed by atoms with Gasteiger partial charge in [0, 0.05) is 35.4 Å². The van der Waals surface area contributed by atoms with Gasteiger partial charge in [-0.2, -0.15) is 0 Å². The van der Waals surface area contributed by atoms with E-state index >= 15 is 0 Å². The number of carbonyl (C=O) groups excluding carboxylic acids is 2. The Morgan fingerprint density at radius 3 is 2.80 bits per heavy atom. The highest BCUT2D eigenvalue weighted by Gasteiger charge is 2.12. The number of nitrogens with zero attached hydrogens (tertiary/aromatic N) is 1. The number of ketones is 1. The van der Waals surface area contributed by atoms with Crippen LogP contribution in [-0.4, -0.2) is 16.7 Å². The van der Waals surface area contributed by atoms with Crippen LogP contribution in [0.4, 0.5) is 5.13 Å². The molecule has 25 heavy (non-hydrogen) atoms. The molecule has 0 aliphatic carbocycles. The molecule has 0 spiro atoms. The summed E-state index contributed by atoms with van der Waals surface area (Å²) in [6.45, 7) is 0. The largest absolute Gasteiger partial charge is 0.302 e.